The zero-order valence-corrected chi connectivity index (χ0v) is 12.7. The van der Waals surface area contributed by atoms with E-state index in [-0.39, 0.29) is 6.10 Å². The molecule has 1 aliphatic rings. The lowest BCUT2D eigenvalue weighted by atomic mass is 10.1. The van der Waals surface area contributed by atoms with Gasteiger partial charge in [0.2, 0.25) is 5.88 Å². The lowest BCUT2D eigenvalue weighted by Gasteiger charge is -2.12. The second kappa shape index (κ2) is 5.77. The maximum Gasteiger partial charge on any atom is 0.216 e. The van der Waals surface area contributed by atoms with E-state index in [4.69, 9.17) is 9.47 Å². The summed E-state index contributed by atoms with van der Waals surface area (Å²) in [6.45, 7) is 3.55. The van der Waals surface area contributed by atoms with E-state index in [0.29, 0.717) is 0 Å². The van der Waals surface area contributed by atoms with E-state index in [1.54, 1.807) is 11.8 Å². The number of fused-ring (bicyclic) bond motifs is 1. The number of aryl methyl sites for hydroxylation is 2. The van der Waals surface area contributed by atoms with E-state index in [1.165, 1.54) is 5.56 Å². The van der Waals surface area contributed by atoms with Gasteiger partial charge in [0.15, 0.2) is 0 Å². The second-order valence-corrected chi connectivity index (χ2v) is 5.38. The first-order valence-electron chi connectivity index (χ1n) is 7.20. The molecular weight excluding hydrogens is 266 g/mol. The molecule has 1 aromatic carbocycles. The molecule has 0 saturated carbocycles. The predicted molar refractivity (Wildman–Crippen MR) is 80.8 cm³/mol. The Morgan fingerprint density at radius 3 is 3.00 bits per heavy atom. The molecule has 2 aromatic rings. The molecular formula is C16H21N3O2. The smallest absolute Gasteiger partial charge is 0.216 e. The van der Waals surface area contributed by atoms with Crippen LogP contribution in [0.3, 0.4) is 0 Å². The van der Waals surface area contributed by atoms with Gasteiger partial charge in [-0.15, -0.1) is 0 Å². The summed E-state index contributed by atoms with van der Waals surface area (Å²) in [5, 5.41) is 7.83. The van der Waals surface area contributed by atoms with Crippen LogP contribution in [0, 0.1) is 6.92 Å². The zero-order valence-electron chi connectivity index (χ0n) is 12.7. The number of nitrogens with one attached hydrogen (secondary N) is 1. The largest absolute Gasteiger partial charge is 0.488 e. The molecule has 1 N–H and O–H groups in total. The van der Waals surface area contributed by atoms with Crippen LogP contribution in [0.25, 0.3) is 0 Å². The van der Waals surface area contributed by atoms with Crippen molar-refractivity contribution in [1.82, 2.24) is 15.1 Å². The van der Waals surface area contributed by atoms with Gasteiger partial charge in [-0.25, -0.2) is 4.68 Å². The molecule has 3 rings (SSSR count). The summed E-state index contributed by atoms with van der Waals surface area (Å²) in [5.41, 5.74) is 3.40. The summed E-state index contributed by atoms with van der Waals surface area (Å²) in [7, 11) is 3.57. The first-order chi connectivity index (χ1) is 10.2. The van der Waals surface area contributed by atoms with Crippen molar-refractivity contribution in [3.8, 4) is 11.6 Å². The Labute approximate surface area is 124 Å². The van der Waals surface area contributed by atoms with Gasteiger partial charge in [-0.2, -0.15) is 5.10 Å². The summed E-state index contributed by atoms with van der Waals surface area (Å²) in [6, 6.07) is 8.23. The average Bonchev–Trinajstić information content (AvgIpc) is 2.99. The van der Waals surface area contributed by atoms with Crippen LogP contribution in [0.5, 0.6) is 11.6 Å². The minimum atomic E-state index is 0.199. The van der Waals surface area contributed by atoms with E-state index < -0.39 is 0 Å². The third-order valence-electron chi connectivity index (χ3n) is 3.87. The van der Waals surface area contributed by atoms with Crippen LogP contribution in [-0.4, -0.2) is 29.5 Å². The van der Waals surface area contributed by atoms with E-state index in [9.17, 15) is 0 Å². The van der Waals surface area contributed by atoms with Crippen molar-refractivity contribution in [3.63, 3.8) is 0 Å². The number of para-hydroxylation sites is 1. The predicted octanol–water partition coefficient (Wildman–Crippen LogP) is 1.83. The summed E-state index contributed by atoms with van der Waals surface area (Å²) in [4.78, 5) is 0. The van der Waals surface area contributed by atoms with Crippen molar-refractivity contribution in [1.29, 1.82) is 0 Å². The molecule has 0 unspecified atom stereocenters. The first kappa shape index (κ1) is 13.9. The third kappa shape index (κ3) is 2.74. The van der Waals surface area contributed by atoms with Gasteiger partial charge < -0.3 is 14.8 Å². The topological polar surface area (TPSA) is 48.3 Å². The number of methoxy groups -OCH3 is 1. The van der Waals surface area contributed by atoms with Crippen molar-refractivity contribution in [3.05, 3.63) is 41.1 Å². The van der Waals surface area contributed by atoms with Crippen LogP contribution in [-0.2, 0) is 20.0 Å². The van der Waals surface area contributed by atoms with Crippen molar-refractivity contribution >= 4 is 0 Å². The zero-order chi connectivity index (χ0) is 14.8. The van der Waals surface area contributed by atoms with Crippen LogP contribution in [0.4, 0.5) is 0 Å². The second-order valence-electron chi connectivity index (χ2n) is 5.38. The Kier molecular flexibility index (Phi) is 3.84. The molecule has 0 aliphatic carbocycles. The van der Waals surface area contributed by atoms with Gasteiger partial charge in [0.05, 0.1) is 18.4 Å². The molecule has 0 radical (unpaired) electrons. The molecule has 5 heteroatoms. The Balaban J connectivity index is 1.56. The molecule has 0 amide bonds. The van der Waals surface area contributed by atoms with Gasteiger partial charge in [0, 0.05) is 26.6 Å². The van der Waals surface area contributed by atoms with Crippen LogP contribution < -0.4 is 14.8 Å². The lowest BCUT2D eigenvalue weighted by Crippen LogP contribution is -2.29. The number of hydrogen-bond acceptors (Lipinski definition) is 4. The summed E-state index contributed by atoms with van der Waals surface area (Å²) in [6.07, 6.45) is 1.16. The van der Waals surface area contributed by atoms with Crippen LogP contribution >= 0.6 is 0 Å². The van der Waals surface area contributed by atoms with Gasteiger partial charge in [-0.05, 0) is 18.6 Å². The Morgan fingerprint density at radius 1 is 1.43 bits per heavy atom. The minimum Gasteiger partial charge on any atom is -0.488 e. The molecule has 1 aliphatic heterocycles. The van der Waals surface area contributed by atoms with Crippen molar-refractivity contribution < 1.29 is 9.47 Å². The first-order valence-corrected chi connectivity index (χ1v) is 7.20. The van der Waals surface area contributed by atoms with E-state index >= 15 is 0 Å². The summed E-state index contributed by atoms with van der Waals surface area (Å²) < 4.78 is 13.1. The number of rotatable bonds is 5. The van der Waals surface area contributed by atoms with Gasteiger partial charge >= 0.3 is 0 Å². The quantitative estimate of drug-likeness (QED) is 0.911. The highest BCUT2D eigenvalue weighted by Gasteiger charge is 2.22. The molecule has 0 spiro atoms. The lowest BCUT2D eigenvalue weighted by molar-refractivity contribution is 0.227. The molecule has 2 heterocycles. The molecule has 1 atom stereocenters. The van der Waals surface area contributed by atoms with Crippen LogP contribution in [0.2, 0.25) is 0 Å². The Bertz CT molecular complexity index is 611. The average molecular weight is 287 g/mol. The molecule has 0 saturated heterocycles. The van der Waals surface area contributed by atoms with Gasteiger partial charge in [0.1, 0.15) is 11.9 Å². The van der Waals surface area contributed by atoms with Gasteiger partial charge in [-0.1, -0.05) is 18.2 Å². The molecule has 0 bridgehead atoms. The van der Waals surface area contributed by atoms with E-state index in [0.717, 1.165) is 42.4 Å². The van der Waals surface area contributed by atoms with E-state index in [2.05, 4.69) is 22.5 Å². The highest BCUT2D eigenvalue weighted by Crippen LogP contribution is 2.28. The molecule has 5 nitrogen and oxygen atoms in total. The molecule has 21 heavy (non-hydrogen) atoms. The van der Waals surface area contributed by atoms with Crippen molar-refractivity contribution in [2.75, 3.05) is 13.7 Å². The maximum atomic E-state index is 5.92. The number of aromatic nitrogens is 2. The Morgan fingerprint density at radius 2 is 2.24 bits per heavy atom. The number of nitrogens with zero attached hydrogens (tertiary/aromatic N) is 2. The molecule has 112 valence electrons. The normalized spacial score (nSPS) is 16.6. The van der Waals surface area contributed by atoms with Crippen molar-refractivity contribution in [2.24, 2.45) is 7.05 Å². The minimum absolute atomic E-state index is 0.199. The molecule has 1 aromatic heterocycles. The van der Waals surface area contributed by atoms with E-state index in [1.807, 2.05) is 26.1 Å². The fraction of sp³-hybridized carbons (Fsp3) is 0.438. The number of benzene rings is 1. The summed E-state index contributed by atoms with van der Waals surface area (Å²) >= 11 is 0. The van der Waals surface area contributed by atoms with Gasteiger partial charge in [-0.3, -0.25) is 0 Å². The fourth-order valence-corrected chi connectivity index (χ4v) is 2.87. The maximum absolute atomic E-state index is 5.92. The summed E-state index contributed by atoms with van der Waals surface area (Å²) in [5.74, 6) is 1.83. The number of hydrogen-bond donors (Lipinski definition) is 1. The third-order valence-corrected chi connectivity index (χ3v) is 3.87. The monoisotopic (exact) mass is 287 g/mol. The Hall–Kier alpha value is -2.01. The van der Waals surface area contributed by atoms with Crippen LogP contribution in [0.1, 0.15) is 16.8 Å². The number of ether oxygens (including phenoxy) is 2. The van der Waals surface area contributed by atoms with Gasteiger partial charge in [0.25, 0.3) is 0 Å². The molecule has 0 fully saturated rings. The standard InChI is InChI=1S/C16H21N3O2/c1-11-14(16(20-3)19(2)18-11)10-17-9-13-8-12-6-4-5-7-15(12)21-13/h4-7,13,17H,8-10H2,1-3H3/t13-/m0/s1. The fourth-order valence-electron chi connectivity index (χ4n) is 2.87. The van der Waals surface area contributed by atoms with Crippen LogP contribution in [0.15, 0.2) is 24.3 Å². The SMILES string of the molecule is COc1c(CNC[C@@H]2Cc3ccccc3O2)c(C)nn1C. The van der Waals surface area contributed by atoms with Crippen molar-refractivity contribution in [2.45, 2.75) is 26.0 Å². The highest BCUT2D eigenvalue weighted by molar-refractivity contribution is 5.37. The highest BCUT2D eigenvalue weighted by atomic mass is 16.5.